The lowest BCUT2D eigenvalue weighted by Crippen LogP contribution is -1.94. The minimum atomic E-state index is -0.368. The van der Waals surface area contributed by atoms with Crippen molar-refractivity contribution in [3.05, 3.63) is 70.8 Å². The third-order valence-electron chi connectivity index (χ3n) is 3.33. The van der Waals surface area contributed by atoms with Crippen LogP contribution in [0, 0.1) is 10.1 Å². The van der Waals surface area contributed by atoms with Crippen molar-refractivity contribution in [1.29, 1.82) is 0 Å². The number of hydrogen-bond donors (Lipinski definition) is 1. The highest BCUT2D eigenvalue weighted by molar-refractivity contribution is 6.05. The summed E-state index contributed by atoms with van der Waals surface area (Å²) in [4.78, 5) is 10.8. The molecule has 0 saturated heterocycles. The van der Waals surface area contributed by atoms with Crippen molar-refractivity contribution >= 4 is 22.1 Å². The van der Waals surface area contributed by atoms with Crippen molar-refractivity contribution in [2.75, 3.05) is 5.73 Å². The number of nitrogens with two attached hydrogens (primary N) is 1. The minimum Gasteiger partial charge on any atom is -0.398 e. The number of nitrogen functional groups attached to an aromatic ring is 1. The van der Waals surface area contributed by atoms with Gasteiger partial charge in [0.05, 0.1) is 10.5 Å². The second-order valence-electron chi connectivity index (χ2n) is 4.53. The Balaban J connectivity index is 2.39. The Kier molecular flexibility index (Phi) is 2.84. The average molecular weight is 264 g/mol. The molecule has 0 saturated carbocycles. The van der Waals surface area contributed by atoms with Crippen LogP contribution in [-0.2, 0) is 0 Å². The van der Waals surface area contributed by atoms with Crippen molar-refractivity contribution in [3.63, 3.8) is 0 Å². The zero-order valence-electron chi connectivity index (χ0n) is 10.6. The molecule has 0 spiro atoms. The van der Waals surface area contributed by atoms with E-state index in [-0.39, 0.29) is 10.6 Å². The molecule has 0 fully saturated rings. The van der Waals surface area contributed by atoms with Crippen molar-refractivity contribution in [2.45, 2.75) is 0 Å². The van der Waals surface area contributed by atoms with E-state index in [0.29, 0.717) is 11.3 Å². The summed E-state index contributed by atoms with van der Waals surface area (Å²) in [5, 5.41) is 13.0. The van der Waals surface area contributed by atoms with Crippen LogP contribution in [0.3, 0.4) is 0 Å². The minimum absolute atomic E-state index is 0.0863. The van der Waals surface area contributed by atoms with Gasteiger partial charge >= 0.3 is 0 Å². The van der Waals surface area contributed by atoms with Crippen LogP contribution in [0.25, 0.3) is 21.9 Å². The molecule has 0 bridgehead atoms. The van der Waals surface area contributed by atoms with Gasteiger partial charge in [0.1, 0.15) is 0 Å². The number of nitro groups is 1. The standard InChI is InChI=1S/C16H12N2O2/c17-14-9-4-6-11-5-3-8-13(16(11)14)12-7-1-2-10-15(12)18(19)20/h1-10H,17H2. The summed E-state index contributed by atoms with van der Waals surface area (Å²) >= 11 is 0. The van der Waals surface area contributed by atoms with Gasteiger partial charge in [0.25, 0.3) is 5.69 Å². The Labute approximate surface area is 115 Å². The number of para-hydroxylation sites is 1. The molecule has 0 aliphatic heterocycles. The van der Waals surface area contributed by atoms with E-state index in [1.54, 1.807) is 24.3 Å². The molecule has 0 atom stereocenters. The Morgan fingerprint density at radius 2 is 1.50 bits per heavy atom. The van der Waals surface area contributed by atoms with E-state index in [1.807, 2.05) is 30.3 Å². The summed E-state index contributed by atoms with van der Waals surface area (Å²) in [6.45, 7) is 0. The normalized spacial score (nSPS) is 10.6. The number of anilines is 1. The maximum Gasteiger partial charge on any atom is 0.277 e. The lowest BCUT2D eigenvalue weighted by molar-refractivity contribution is -0.384. The van der Waals surface area contributed by atoms with Gasteiger partial charge in [-0.1, -0.05) is 42.5 Å². The van der Waals surface area contributed by atoms with Crippen LogP contribution in [0.4, 0.5) is 11.4 Å². The highest BCUT2D eigenvalue weighted by atomic mass is 16.6. The molecule has 0 aliphatic carbocycles. The Morgan fingerprint density at radius 1 is 0.850 bits per heavy atom. The molecule has 98 valence electrons. The van der Waals surface area contributed by atoms with Gasteiger partial charge in [-0.2, -0.15) is 0 Å². The van der Waals surface area contributed by atoms with E-state index in [0.717, 1.165) is 16.3 Å². The van der Waals surface area contributed by atoms with E-state index in [4.69, 9.17) is 5.73 Å². The fraction of sp³-hybridized carbons (Fsp3) is 0. The highest BCUT2D eigenvalue weighted by Gasteiger charge is 2.16. The molecule has 4 heteroatoms. The first-order valence-electron chi connectivity index (χ1n) is 6.19. The average Bonchev–Trinajstić information content (AvgIpc) is 2.47. The largest absolute Gasteiger partial charge is 0.398 e. The summed E-state index contributed by atoms with van der Waals surface area (Å²) in [6, 6.07) is 18.0. The molecule has 0 amide bonds. The molecule has 0 heterocycles. The molecule has 0 aliphatic rings. The number of rotatable bonds is 2. The Bertz CT molecular complexity index is 807. The van der Waals surface area contributed by atoms with Gasteiger partial charge in [0, 0.05) is 17.1 Å². The van der Waals surface area contributed by atoms with Gasteiger partial charge in [-0.25, -0.2) is 0 Å². The molecular weight excluding hydrogens is 252 g/mol. The van der Waals surface area contributed by atoms with E-state index >= 15 is 0 Å². The molecule has 3 aromatic rings. The quantitative estimate of drug-likeness (QED) is 0.432. The fourth-order valence-corrected chi connectivity index (χ4v) is 2.46. The van der Waals surface area contributed by atoms with Gasteiger partial charge in [0.15, 0.2) is 0 Å². The molecule has 3 aromatic carbocycles. The third-order valence-corrected chi connectivity index (χ3v) is 3.33. The summed E-state index contributed by atoms with van der Waals surface area (Å²) in [7, 11) is 0. The van der Waals surface area contributed by atoms with E-state index in [9.17, 15) is 10.1 Å². The van der Waals surface area contributed by atoms with Crippen molar-refractivity contribution < 1.29 is 4.92 Å². The second-order valence-corrected chi connectivity index (χ2v) is 4.53. The molecule has 4 nitrogen and oxygen atoms in total. The molecule has 0 unspecified atom stereocenters. The van der Waals surface area contributed by atoms with Crippen molar-refractivity contribution in [2.24, 2.45) is 0 Å². The van der Waals surface area contributed by atoms with Crippen LogP contribution in [0.5, 0.6) is 0 Å². The number of nitrogens with zero attached hydrogens (tertiary/aromatic N) is 1. The molecule has 20 heavy (non-hydrogen) atoms. The van der Waals surface area contributed by atoms with Crippen LogP contribution < -0.4 is 5.73 Å². The second kappa shape index (κ2) is 4.66. The van der Waals surface area contributed by atoms with E-state index in [2.05, 4.69) is 0 Å². The van der Waals surface area contributed by atoms with Gasteiger partial charge in [-0.15, -0.1) is 0 Å². The lowest BCUT2D eigenvalue weighted by atomic mass is 9.96. The van der Waals surface area contributed by atoms with Crippen molar-refractivity contribution in [3.8, 4) is 11.1 Å². The SMILES string of the molecule is Nc1cccc2cccc(-c3ccccc3[N+](=O)[O-])c12. The topological polar surface area (TPSA) is 69.2 Å². The predicted octanol–water partition coefficient (Wildman–Crippen LogP) is 4.00. The van der Waals surface area contributed by atoms with Gasteiger partial charge in [0.2, 0.25) is 0 Å². The predicted molar refractivity (Wildman–Crippen MR) is 80.5 cm³/mol. The summed E-state index contributed by atoms with van der Waals surface area (Å²) in [6.07, 6.45) is 0. The first kappa shape index (κ1) is 12.2. The third kappa shape index (κ3) is 1.87. The van der Waals surface area contributed by atoms with Gasteiger partial charge in [-0.3, -0.25) is 10.1 Å². The number of fused-ring (bicyclic) bond motifs is 1. The zero-order valence-corrected chi connectivity index (χ0v) is 10.6. The zero-order chi connectivity index (χ0) is 14.1. The lowest BCUT2D eigenvalue weighted by Gasteiger charge is -2.09. The maximum atomic E-state index is 11.2. The van der Waals surface area contributed by atoms with Crippen LogP contribution in [0.1, 0.15) is 0 Å². The van der Waals surface area contributed by atoms with Crippen LogP contribution in [0.2, 0.25) is 0 Å². The first-order valence-corrected chi connectivity index (χ1v) is 6.19. The van der Waals surface area contributed by atoms with Gasteiger partial charge < -0.3 is 5.73 Å². The smallest absolute Gasteiger partial charge is 0.277 e. The Morgan fingerprint density at radius 3 is 2.25 bits per heavy atom. The summed E-state index contributed by atoms with van der Waals surface area (Å²) in [5.41, 5.74) is 8.13. The van der Waals surface area contributed by atoms with E-state index < -0.39 is 0 Å². The number of benzene rings is 3. The van der Waals surface area contributed by atoms with Crippen LogP contribution in [0.15, 0.2) is 60.7 Å². The number of nitro benzene ring substituents is 1. The monoisotopic (exact) mass is 264 g/mol. The summed E-state index contributed by atoms with van der Waals surface area (Å²) < 4.78 is 0. The van der Waals surface area contributed by atoms with Crippen LogP contribution >= 0.6 is 0 Å². The summed E-state index contributed by atoms with van der Waals surface area (Å²) in [5.74, 6) is 0. The molecule has 3 rings (SSSR count). The fourth-order valence-electron chi connectivity index (χ4n) is 2.46. The number of hydrogen-bond acceptors (Lipinski definition) is 3. The van der Waals surface area contributed by atoms with Crippen molar-refractivity contribution in [1.82, 2.24) is 0 Å². The van der Waals surface area contributed by atoms with Gasteiger partial charge in [-0.05, 0) is 23.1 Å². The Hall–Kier alpha value is -2.88. The maximum absolute atomic E-state index is 11.2. The first-order chi connectivity index (χ1) is 9.68. The molecule has 2 N–H and O–H groups in total. The molecule has 0 aromatic heterocycles. The highest BCUT2D eigenvalue weighted by Crippen LogP contribution is 2.36. The van der Waals surface area contributed by atoms with E-state index in [1.165, 1.54) is 6.07 Å². The van der Waals surface area contributed by atoms with Crippen LogP contribution in [-0.4, -0.2) is 4.92 Å². The molecule has 0 radical (unpaired) electrons. The molecular formula is C16H12N2O2.